The van der Waals surface area contributed by atoms with Crippen LogP contribution in [0.15, 0.2) is 71.4 Å². The van der Waals surface area contributed by atoms with Crippen LogP contribution in [0.1, 0.15) is 38.5 Å². The van der Waals surface area contributed by atoms with Crippen LogP contribution in [0.2, 0.25) is 0 Å². The van der Waals surface area contributed by atoms with Gasteiger partial charge in [-0.15, -0.1) is 0 Å². The van der Waals surface area contributed by atoms with Crippen LogP contribution in [0.5, 0.6) is 0 Å². The van der Waals surface area contributed by atoms with Crippen molar-refractivity contribution in [3.05, 3.63) is 89.4 Å². The zero-order chi connectivity index (χ0) is 23.4. The number of likely N-dealkylation sites (N-methyl/N-ethyl adjacent to an activating group) is 1. The lowest BCUT2D eigenvalue weighted by molar-refractivity contribution is 0.0722. The molecule has 0 fully saturated rings. The highest BCUT2D eigenvalue weighted by Crippen LogP contribution is 2.21. The quantitative estimate of drug-likeness (QED) is 0.446. The summed E-state index contributed by atoms with van der Waals surface area (Å²) in [7, 11) is 3.65. The van der Waals surface area contributed by atoms with Gasteiger partial charge in [0, 0.05) is 43.8 Å². The molecular weight excluding hydrogens is 416 g/mol. The largest absolute Gasteiger partial charge is 0.356 e. The summed E-state index contributed by atoms with van der Waals surface area (Å²) in [4.78, 5) is 27.6. The lowest BCUT2D eigenvalue weighted by atomic mass is 10.0. The van der Waals surface area contributed by atoms with Crippen LogP contribution in [-0.2, 0) is 13.5 Å². The molecule has 2 aromatic heterocycles. The van der Waals surface area contributed by atoms with E-state index in [0.29, 0.717) is 36.2 Å². The van der Waals surface area contributed by atoms with E-state index in [0.717, 1.165) is 16.6 Å². The van der Waals surface area contributed by atoms with Crippen LogP contribution in [0.4, 0.5) is 0 Å². The molecule has 0 bridgehead atoms. The molecule has 7 heteroatoms. The van der Waals surface area contributed by atoms with Gasteiger partial charge in [-0.05, 0) is 55.7 Å². The van der Waals surface area contributed by atoms with E-state index in [-0.39, 0.29) is 17.9 Å². The first kappa shape index (κ1) is 22.3. The normalized spacial score (nSPS) is 12.0. The van der Waals surface area contributed by atoms with E-state index in [1.807, 2.05) is 63.6 Å². The average molecular weight is 445 g/mol. The standard InChI is InChI=1S/C26H28N4O3/c1-18-22-12-11-20(17-24(22)33-28-18)26(32)30(3)21(16-19-8-5-4-6-9-19)13-14-27-25(31)23-10-7-15-29(23)2/h4-12,15,17,21H,13-14,16H2,1-3H3,(H,27,31). The summed E-state index contributed by atoms with van der Waals surface area (Å²) in [5.74, 6) is -0.221. The van der Waals surface area contributed by atoms with Crippen molar-refractivity contribution in [3.8, 4) is 0 Å². The van der Waals surface area contributed by atoms with Crippen LogP contribution in [0, 0.1) is 6.92 Å². The molecule has 1 atom stereocenters. The zero-order valence-electron chi connectivity index (χ0n) is 19.1. The van der Waals surface area contributed by atoms with Crippen molar-refractivity contribution in [3.63, 3.8) is 0 Å². The van der Waals surface area contributed by atoms with Gasteiger partial charge < -0.3 is 19.3 Å². The van der Waals surface area contributed by atoms with Crippen molar-refractivity contribution in [1.29, 1.82) is 0 Å². The number of rotatable bonds is 8. The maximum absolute atomic E-state index is 13.3. The Labute approximate surface area is 193 Å². The predicted octanol–water partition coefficient (Wildman–Crippen LogP) is 3.98. The molecule has 2 amide bonds. The molecule has 33 heavy (non-hydrogen) atoms. The molecule has 0 aliphatic rings. The lowest BCUT2D eigenvalue weighted by Gasteiger charge is -2.29. The van der Waals surface area contributed by atoms with Gasteiger partial charge in [0.15, 0.2) is 5.58 Å². The van der Waals surface area contributed by atoms with Gasteiger partial charge in [-0.3, -0.25) is 9.59 Å². The topological polar surface area (TPSA) is 80.4 Å². The molecule has 4 aromatic rings. The maximum Gasteiger partial charge on any atom is 0.267 e. The predicted molar refractivity (Wildman–Crippen MR) is 127 cm³/mol. The molecule has 0 aliphatic heterocycles. The van der Waals surface area contributed by atoms with Gasteiger partial charge >= 0.3 is 0 Å². The molecule has 0 aliphatic carbocycles. The Morgan fingerprint density at radius 1 is 1.12 bits per heavy atom. The summed E-state index contributed by atoms with van der Waals surface area (Å²) in [5.41, 5.74) is 3.69. The van der Waals surface area contributed by atoms with Crippen molar-refractivity contribution in [2.45, 2.75) is 25.8 Å². The minimum absolute atomic E-state index is 0.0965. The Morgan fingerprint density at radius 3 is 2.64 bits per heavy atom. The molecule has 1 N–H and O–H groups in total. The van der Waals surface area contributed by atoms with Gasteiger partial charge in [0.05, 0.1) is 5.69 Å². The second-order valence-corrected chi connectivity index (χ2v) is 8.29. The first-order valence-electron chi connectivity index (χ1n) is 11.0. The molecule has 0 saturated carbocycles. The van der Waals surface area contributed by atoms with Gasteiger partial charge in [0.2, 0.25) is 0 Å². The molecule has 2 heterocycles. The van der Waals surface area contributed by atoms with Gasteiger partial charge in [-0.25, -0.2) is 0 Å². The molecule has 170 valence electrons. The monoisotopic (exact) mass is 444 g/mol. The van der Waals surface area contributed by atoms with Crippen LogP contribution >= 0.6 is 0 Å². The highest BCUT2D eigenvalue weighted by molar-refractivity contribution is 5.98. The minimum Gasteiger partial charge on any atom is -0.356 e. The fraction of sp³-hybridized carbons (Fsp3) is 0.269. The van der Waals surface area contributed by atoms with E-state index in [4.69, 9.17) is 4.52 Å². The van der Waals surface area contributed by atoms with Crippen molar-refractivity contribution in [2.75, 3.05) is 13.6 Å². The third-order valence-electron chi connectivity index (χ3n) is 6.02. The number of hydrogen-bond acceptors (Lipinski definition) is 4. The number of amides is 2. The molecule has 4 rings (SSSR count). The zero-order valence-corrected chi connectivity index (χ0v) is 19.1. The number of hydrogen-bond donors (Lipinski definition) is 1. The molecule has 0 radical (unpaired) electrons. The Hall–Kier alpha value is -3.87. The number of nitrogens with zero attached hydrogens (tertiary/aromatic N) is 3. The van der Waals surface area contributed by atoms with Crippen molar-refractivity contribution in [2.24, 2.45) is 7.05 Å². The lowest BCUT2D eigenvalue weighted by Crippen LogP contribution is -2.41. The molecular formula is C26H28N4O3. The Bertz CT molecular complexity index is 1260. The number of carbonyl (C=O) groups is 2. The van der Waals surface area contributed by atoms with Crippen LogP contribution < -0.4 is 5.32 Å². The van der Waals surface area contributed by atoms with Crippen LogP contribution in [0.3, 0.4) is 0 Å². The highest BCUT2D eigenvalue weighted by Gasteiger charge is 2.23. The van der Waals surface area contributed by atoms with E-state index in [9.17, 15) is 9.59 Å². The van der Waals surface area contributed by atoms with E-state index in [1.165, 1.54) is 0 Å². The maximum atomic E-state index is 13.3. The number of carbonyl (C=O) groups excluding carboxylic acids is 2. The molecule has 0 spiro atoms. The molecule has 7 nitrogen and oxygen atoms in total. The number of fused-ring (bicyclic) bond motifs is 1. The van der Waals surface area contributed by atoms with Crippen molar-refractivity contribution >= 4 is 22.8 Å². The second kappa shape index (κ2) is 9.73. The first-order chi connectivity index (χ1) is 15.9. The molecule has 0 saturated heterocycles. The van der Waals surface area contributed by atoms with E-state index in [1.54, 1.807) is 21.6 Å². The summed E-state index contributed by atoms with van der Waals surface area (Å²) < 4.78 is 7.13. The van der Waals surface area contributed by atoms with E-state index < -0.39 is 0 Å². The average Bonchev–Trinajstić information content (AvgIpc) is 3.43. The van der Waals surface area contributed by atoms with Gasteiger partial charge in [0.25, 0.3) is 11.8 Å². The summed E-state index contributed by atoms with van der Waals surface area (Å²) in [5, 5.41) is 7.86. The smallest absolute Gasteiger partial charge is 0.267 e. The summed E-state index contributed by atoms with van der Waals surface area (Å²) in [6, 6.07) is 19.0. The third-order valence-corrected chi connectivity index (χ3v) is 6.02. The summed E-state index contributed by atoms with van der Waals surface area (Å²) >= 11 is 0. The Kier molecular flexibility index (Phi) is 6.58. The van der Waals surface area contributed by atoms with E-state index in [2.05, 4.69) is 22.6 Å². The Balaban J connectivity index is 1.49. The SMILES string of the molecule is Cc1noc2cc(C(=O)N(C)C(CCNC(=O)c3cccn3C)Cc3ccccc3)ccc12. The third kappa shape index (κ3) is 4.98. The minimum atomic E-state index is -0.124. The number of aryl methyl sites for hydroxylation is 2. The summed E-state index contributed by atoms with van der Waals surface area (Å²) in [6.07, 6.45) is 3.15. The number of nitrogens with one attached hydrogen (secondary N) is 1. The van der Waals surface area contributed by atoms with Gasteiger partial charge in [-0.2, -0.15) is 0 Å². The molecule has 1 unspecified atom stereocenters. The van der Waals surface area contributed by atoms with E-state index >= 15 is 0 Å². The highest BCUT2D eigenvalue weighted by atomic mass is 16.5. The number of aromatic nitrogens is 2. The molecule has 2 aromatic carbocycles. The van der Waals surface area contributed by atoms with Gasteiger partial charge in [0.1, 0.15) is 5.69 Å². The fourth-order valence-electron chi connectivity index (χ4n) is 4.02. The fourth-order valence-corrected chi connectivity index (χ4v) is 4.02. The summed E-state index contributed by atoms with van der Waals surface area (Å²) in [6.45, 7) is 2.33. The Morgan fingerprint density at radius 2 is 1.91 bits per heavy atom. The van der Waals surface area contributed by atoms with Crippen LogP contribution in [0.25, 0.3) is 11.0 Å². The van der Waals surface area contributed by atoms with Crippen LogP contribution in [-0.4, -0.2) is 46.1 Å². The first-order valence-corrected chi connectivity index (χ1v) is 11.0. The number of benzene rings is 2. The second-order valence-electron chi connectivity index (χ2n) is 8.29. The van der Waals surface area contributed by atoms with Crippen molar-refractivity contribution < 1.29 is 14.1 Å². The van der Waals surface area contributed by atoms with Gasteiger partial charge in [-0.1, -0.05) is 35.5 Å². The van der Waals surface area contributed by atoms with Crippen molar-refractivity contribution in [1.82, 2.24) is 19.9 Å².